The average molecular weight is 705 g/mol. The fraction of sp³-hybridized carbons (Fsp3) is 0.578. The van der Waals surface area contributed by atoms with Crippen molar-refractivity contribution >= 4 is 17.9 Å². The Morgan fingerprint density at radius 1 is 1.08 bits per heavy atom. The molecule has 5 fully saturated rings. The van der Waals surface area contributed by atoms with Gasteiger partial charge < -0.3 is 9.47 Å². The number of fused-ring (bicyclic) bond motifs is 1. The van der Waals surface area contributed by atoms with Crippen molar-refractivity contribution in [2.75, 3.05) is 25.4 Å². The lowest BCUT2D eigenvalue weighted by atomic mass is 9.69. The molecule has 2 spiro atoms. The van der Waals surface area contributed by atoms with Crippen molar-refractivity contribution in [3.05, 3.63) is 100 Å². The Morgan fingerprint density at radius 2 is 1.94 bits per heavy atom. The van der Waals surface area contributed by atoms with Crippen LogP contribution >= 0.6 is 11.9 Å². The van der Waals surface area contributed by atoms with Crippen LogP contribution < -0.4 is 4.74 Å². The Labute approximate surface area is 310 Å². The quantitative estimate of drug-likeness (QED) is 0.243. The lowest BCUT2D eigenvalue weighted by Crippen LogP contribution is -2.46. The predicted molar refractivity (Wildman–Crippen MR) is 206 cm³/mol. The van der Waals surface area contributed by atoms with Crippen LogP contribution in [0.5, 0.6) is 5.75 Å². The molecule has 4 aliphatic carbocycles. The van der Waals surface area contributed by atoms with Crippen molar-refractivity contribution in [1.29, 1.82) is 0 Å². The van der Waals surface area contributed by atoms with Crippen LogP contribution in [0.1, 0.15) is 109 Å². The second kappa shape index (κ2) is 12.9. The van der Waals surface area contributed by atoms with Crippen LogP contribution in [-0.2, 0) is 16.1 Å². The molecule has 2 aromatic rings. The first-order valence-corrected chi connectivity index (χ1v) is 20.8. The number of carbonyl (C=O) groups excluding carboxylic acids is 1. The zero-order valence-corrected chi connectivity index (χ0v) is 32.0. The van der Waals surface area contributed by atoms with Crippen molar-refractivity contribution in [2.24, 2.45) is 28.1 Å². The molecule has 0 N–H and O–H groups in total. The standard InChI is InChI=1S/C45H56N2O3S/c1-30-22-34(31(2)50-41(30)33-14-9-6-10-15-33)19-21-49-37-17-11-16-35(23-37)38-25-44(38)28-46(26-32-12-7-5-8-13-32)27-39(44)42(48)47-40-24-36-18-20-45(40,29-51-47)43(36,3)4/h5,7-8,11-14,16-17,23,36,38-40H,6,9-10,15,18-22,24-29H2,1-4H3/t36?,38?,39-,40?,44?,45+/m0/s1. The van der Waals surface area contributed by atoms with E-state index >= 15 is 0 Å². The molecule has 0 aromatic heterocycles. The number of likely N-dealkylation sites (tertiary alicyclic amines) is 1. The van der Waals surface area contributed by atoms with Gasteiger partial charge in [0.25, 0.3) is 0 Å². The maximum Gasteiger partial charge on any atom is 0.237 e. The highest BCUT2D eigenvalue weighted by Crippen LogP contribution is 2.72. The smallest absolute Gasteiger partial charge is 0.237 e. The Balaban J connectivity index is 0.895. The highest BCUT2D eigenvalue weighted by molar-refractivity contribution is 7.97. The largest absolute Gasteiger partial charge is 0.493 e. The molecule has 51 heavy (non-hydrogen) atoms. The van der Waals surface area contributed by atoms with Gasteiger partial charge in [0.2, 0.25) is 5.91 Å². The zero-order chi connectivity index (χ0) is 35.0. The number of rotatable bonds is 9. The Hall–Kier alpha value is -2.96. The fourth-order valence-corrected chi connectivity index (χ4v) is 13.4. The molecule has 2 aromatic carbocycles. The minimum absolute atomic E-state index is 0.00929. The molecule has 270 valence electrons. The summed E-state index contributed by atoms with van der Waals surface area (Å²) < 4.78 is 15.2. The van der Waals surface area contributed by atoms with Crippen molar-refractivity contribution in [1.82, 2.24) is 9.21 Å². The molecule has 9 rings (SSSR count). The SMILES string of the molecule is CC1=C(C2=CCCCC2)OC(C)=C(CCOc2cccc(C3CC34CN(Cc3ccccc3)C[C@H]4C(=O)N3SC[C@]45CCC(CC34)C5(C)C)c2)C1. The highest BCUT2D eigenvalue weighted by atomic mass is 32.2. The maximum absolute atomic E-state index is 14.9. The summed E-state index contributed by atoms with van der Waals surface area (Å²) in [5, 5.41) is 0. The van der Waals surface area contributed by atoms with Gasteiger partial charge in [-0.05, 0) is 141 Å². The van der Waals surface area contributed by atoms with E-state index in [4.69, 9.17) is 9.47 Å². The lowest BCUT2D eigenvalue weighted by molar-refractivity contribution is -0.134. The van der Waals surface area contributed by atoms with Crippen molar-refractivity contribution in [3.8, 4) is 5.75 Å². The first-order valence-electron chi connectivity index (χ1n) is 19.9. The van der Waals surface area contributed by atoms with Crippen LogP contribution in [0.4, 0.5) is 0 Å². The minimum atomic E-state index is -0.00929. The third kappa shape index (κ3) is 5.64. The number of benzene rings is 2. The molecule has 4 unspecified atom stereocenters. The van der Waals surface area contributed by atoms with Crippen LogP contribution in [0.3, 0.4) is 0 Å². The van der Waals surface area contributed by atoms with Gasteiger partial charge in [-0.2, -0.15) is 0 Å². The Kier molecular flexibility index (Phi) is 8.54. The van der Waals surface area contributed by atoms with Gasteiger partial charge in [-0.15, -0.1) is 0 Å². The van der Waals surface area contributed by atoms with E-state index in [9.17, 15) is 4.79 Å². The van der Waals surface area contributed by atoms with E-state index in [2.05, 4.69) is 97.6 Å². The van der Waals surface area contributed by atoms with E-state index in [0.717, 1.165) is 74.3 Å². The first kappa shape index (κ1) is 33.8. The van der Waals surface area contributed by atoms with Crippen molar-refractivity contribution in [3.63, 3.8) is 0 Å². The first-order chi connectivity index (χ1) is 24.7. The monoisotopic (exact) mass is 704 g/mol. The van der Waals surface area contributed by atoms with Crippen LogP contribution in [0.2, 0.25) is 0 Å². The lowest BCUT2D eigenvalue weighted by Gasteiger charge is -2.38. The summed E-state index contributed by atoms with van der Waals surface area (Å²) in [5.74, 6) is 5.81. The van der Waals surface area contributed by atoms with Crippen molar-refractivity contribution in [2.45, 2.75) is 110 Å². The van der Waals surface area contributed by atoms with E-state index in [0.29, 0.717) is 35.3 Å². The summed E-state index contributed by atoms with van der Waals surface area (Å²) in [5.41, 5.74) is 7.37. The summed E-state index contributed by atoms with van der Waals surface area (Å²) in [7, 11) is 0. The van der Waals surface area contributed by atoms with E-state index in [-0.39, 0.29) is 11.3 Å². The number of hydrogen-bond acceptors (Lipinski definition) is 5. The third-order valence-corrected chi connectivity index (χ3v) is 16.2. The van der Waals surface area contributed by atoms with Gasteiger partial charge in [0.15, 0.2) is 0 Å². The second-order valence-corrected chi connectivity index (χ2v) is 18.6. The molecular formula is C45H56N2O3S. The number of amides is 1. The summed E-state index contributed by atoms with van der Waals surface area (Å²) in [6, 6.07) is 20.0. The molecule has 0 radical (unpaired) electrons. The molecule has 7 aliphatic rings. The second-order valence-electron chi connectivity index (χ2n) is 17.7. The van der Waals surface area contributed by atoms with E-state index in [1.807, 2.05) is 11.9 Å². The van der Waals surface area contributed by atoms with E-state index in [1.54, 1.807) is 0 Å². The summed E-state index contributed by atoms with van der Waals surface area (Å²) in [6.45, 7) is 12.7. The number of allylic oxidation sites excluding steroid dienone is 4. The molecule has 6 heteroatoms. The van der Waals surface area contributed by atoms with Crippen LogP contribution in [0, 0.1) is 28.1 Å². The van der Waals surface area contributed by atoms with Crippen LogP contribution in [0.25, 0.3) is 0 Å². The van der Waals surface area contributed by atoms with Crippen molar-refractivity contribution < 1.29 is 14.3 Å². The summed E-state index contributed by atoms with van der Waals surface area (Å²) >= 11 is 1.87. The van der Waals surface area contributed by atoms with Gasteiger partial charge in [0.05, 0.1) is 18.6 Å². The van der Waals surface area contributed by atoms with E-state index < -0.39 is 0 Å². The molecule has 5 nitrogen and oxygen atoms in total. The van der Waals surface area contributed by atoms with Gasteiger partial charge in [0.1, 0.15) is 17.3 Å². The fourth-order valence-electron chi connectivity index (χ4n) is 11.6. The van der Waals surface area contributed by atoms with Gasteiger partial charge in [0, 0.05) is 42.6 Å². The van der Waals surface area contributed by atoms with Crippen LogP contribution in [0.15, 0.2) is 88.9 Å². The summed E-state index contributed by atoms with van der Waals surface area (Å²) in [4.78, 5) is 17.4. The maximum atomic E-state index is 14.9. The predicted octanol–water partition coefficient (Wildman–Crippen LogP) is 10.2. The molecule has 2 saturated heterocycles. The third-order valence-electron chi connectivity index (χ3n) is 14.8. The Morgan fingerprint density at radius 3 is 2.75 bits per heavy atom. The minimum Gasteiger partial charge on any atom is -0.493 e. The molecule has 3 saturated carbocycles. The molecule has 3 heterocycles. The van der Waals surface area contributed by atoms with E-state index in [1.165, 1.54) is 66.4 Å². The van der Waals surface area contributed by atoms with Gasteiger partial charge in [-0.1, -0.05) is 62.4 Å². The average Bonchev–Trinajstić information content (AvgIpc) is 3.32. The Bertz CT molecular complexity index is 1790. The van der Waals surface area contributed by atoms with Crippen LogP contribution in [-0.4, -0.2) is 46.6 Å². The highest BCUT2D eigenvalue weighted by Gasteiger charge is 2.71. The molecule has 2 bridgehead atoms. The topological polar surface area (TPSA) is 42.0 Å². The van der Waals surface area contributed by atoms with Gasteiger partial charge in [-0.25, -0.2) is 0 Å². The number of nitrogens with zero attached hydrogens (tertiary/aromatic N) is 2. The number of ether oxygens (including phenoxy) is 2. The molecular weight excluding hydrogens is 649 g/mol. The van der Waals surface area contributed by atoms with Gasteiger partial charge in [-0.3, -0.25) is 14.0 Å². The normalized spacial score (nSPS) is 33.9. The van der Waals surface area contributed by atoms with Gasteiger partial charge >= 0.3 is 0 Å². The zero-order valence-electron chi connectivity index (χ0n) is 31.2. The summed E-state index contributed by atoms with van der Waals surface area (Å²) in [6.07, 6.45) is 14.0. The molecule has 6 atom stereocenters. The molecule has 3 aliphatic heterocycles. The number of carbonyl (C=O) groups is 1. The number of hydrogen-bond donors (Lipinski definition) is 0. The molecule has 1 amide bonds.